The summed E-state index contributed by atoms with van der Waals surface area (Å²) in [7, 11) is -3.40. The van der Waals surface area contributed by atoms with Crippen LogP contribution in [0.15, 0.2) is 23.1 Å². The predicted octanol–water partition coefficient (Wildman–Crippen LogP) is 2.77. The Labute approximate surface area is 129 Å². The molecule has 0 aliphatic rings. The lowest BCUT2D eigenvalue weighted by atomic mass is 10.1. The number of nitrogens with one attached hydrogen (secondary N) is 1. The lowest BCUT2D eigenvalue weighted by molar-refractivity contribution is 0.381. The molecule has 1 aromatic rings. The Morgan fingerprint density at radius 3 is 2.43 bits per heavy atom. The van der Waals surface area contributed by atoms with Gasteiger partial charge >= 0.3 is 0 Å². The van der Waals surface area contributed by atoms with E-state index in [1.165, 1.54) is 0 Å². The molecule has 1 rings (SSSR count). The summed E-state index contributed by atoms with van der Waals surface area (Å²) in [5, 5.41) is 3.25. The Morgan fingerprint density at radius 1 is 1.24 bits per heavy atom. The van der Waals surface area contributed by atoms with Crippen molar-refractivity contribution in [3.63, 3.8) is 0 Å². The van der Waals surface area contributed by atoms with Crippen molar-refractivity contribution < 1.29 is 8.42 Å². The van der Waals surface area contributed by atoms with Gasteiger partial charge in [-0.25, -0.2) is 8.42 Å². The van der Waals surface area contributed by atoms with Gasteiger partial charge < -0.3 is 5.32 Å². The molecule has 0 spiro atoms. The zero-order chi connectivity index (χ0) is 16.0. The van der Waals surface area contributed by atoms with Crippen molar-refractivity contribution in [2.75, 3.05) is 19.6 Å². The maximum atomic E-state index is 12.7. The summed E-state index contributed by atoms with van der Waals surface area (Å²) in [6.07, 6.45) is 0. The number of hydrogen-bond donors (Lipinski definition) is 1. The van der Waals surface area contributed by atoms with E-state index in [1.807, 2.05) is 40.7 Å². The van der Waals surface area contributed by atoms with Gasteiger partial charge in [0.1, 0.15) is 0 Å². The lowest BCUT2D eigenvalue weighted by Gasteiger charge is -2.23. The third kappa shape index (κ3) is 4.80. The average molecular weight is 312 g/mol. The van der Waals surface area contributed by atoms with Gasteiger partial charge in [-0.3, -0.25) is 0 Å². The highest BCUT2D eigenvalue weighted by molar-refractivity contribution is 7.89. The highest BCUT2D eigenvalue weighted by Crippen LogP contribution is 2.20. The highest BCUT2D eigenvalue weighted by Gasteiger charge is 2.24. The topological polar surface area (TPSA) is 49.4 Å². The molecule has 0 unspecified atom stereocenters. The van der Waals surface area contributed by atoms with E-state index in [9.17, 15) is 8.42 Å². The third-order valence-corrected chi connectivity index (χ3v) is 5.38. The first kappa shape index (κ1) is 18.1. The van der Waals surface area contributed by atoms with Crippen LogP contribution in [0.1, 0.15) is 38.8 Å². The Hall–Kier alpha value is -0.910. The van der Waals surface area contributed by atoms with Crippen molar-refractivity contribution in [2.24, 2.45) is 5.92 Å². The third-order valence-electron chi connectivity index (χ3n) is 3.45. The maximum Gasteiger partial charge on any atom is 0.243 e. The van der Waals surface area contributed by atoms with Crippen molar-refractivity contribution in [3.05, 3.63) is 29.3 Å². The zero-order valence-corrected chi connectivity index (χ0v) is 14.6. The van der Waals surface area contributed by atoms with Gasteiger partial charge in [0, 0.05) is 19.6 Å². The predicted molar refractivity (Wildman–Crippen MR) is 87.8 cm³/mol. The van der Waals surface area contributed by atoms with Gasteiger partial charge in [-0.1, -0.05) is 33.8 Å². The van der Waals surface area contributed by atoms with Crippen LogP contribution in [0.2, 0.25) is 0 Å². The zero-order valence-electron chi connectivity index (χ0n) is 13.8. The first-order valence-corrected chi connectivity index (χ1v) is 9.07. The normalized spacial score (nSPS) is 12.3. The molecule has 0 amide bonds. The van der Waals surface area contributed by atoms with Crippen molar-refractivity contribution in [1.82, 2.24) is 9.62 Å². The lowest BCUT2D eigenvalue weighted by Crippen LogP contribution is -2.34. The van der Waals surface area contributed by atoms with Crippen LogP contribution in [-0.4, -0.2) is 32.4 Å². The summed E-state index contributed by atoms with van der Waals surface area (Å²) in [5.41, 5.74) is 2.15. The first-order chi connectivity index (χ1) is 9.82. The number of aryl methyl sites for hydroxylation is 1. The quantitative estimate of drug-likeness (QED) is 0.803. The molecule has 0 heterocycles. The van der Waals surface area contributed by atoms with E-state index in [1.54, 1.807) is 16.4 Å². The number of sulfonamides is 1. The smallest absolute Gasteiger partial charge is 0.243 e. The van der Waals surface area contributed by atoms with E-state index < -0.39 is 10.0 Å². The molecular weight excluding hydrogens is 284 g/mol. The largest absolute Gasteiger partial charge is 0.313 e. The van der Waals surface area contributed by atoms with E-state index in [-0.39, 0.29) is 0 Å². The van der Waals surface area contributed by atoms with Crippen LogP contribution < -0.4 is 5.32 Å². The number of nitrogens with zero attached hydrogens (tertiary/aromatic N) is 1. The number of rotatable bonds is 8. The van der Waals surface area contributed by atoms with E-state index in [0.717, 1.165) is 17.7 Å². The molecule has 0 aromatic heterocycles. The highest BCUT2D eigenvalue weighted by atomic mass is 32.2. The molecule has 0 saturated carbocycles. The van der Waals surface area contributed by atoms with Crippen molar-refractivity contribution in [3.8, 4) is 0 Å². The summed E-state index contributed by atoms with van der Waals surface area (Å²) < 4.78 is 27.0. The van der Waals surface area contributed by atoms with Crippen molar-refractivity contribution in [1.29, 1.82) is 0 Å². The molecule has 5 heteroatoms. The van der Waals surface area contributed by atoms with Crippen LogP contribution in [0.3, 0.4) is 0 Å². The van der Waals surface area contributed by atoms with Crippen LogP contribution in [0, 0.1) is 12.8 Å². The second-order valence-corrected chi connectivity index (χ2v) is 7.66. The Morgan fingerprint density at radius 2 is 1.90 bits per heavy atom. The van der Waals surface area contributed by atoms with E-state index >= 15 is 0 Å². The summed E-state index contributed by atoms with van der Waals surface area (Å²) >= 11 is 0. The minimum atomic E-state index is -3.40. The van der Waals surface area contributed by atoms with Gasteiger partial charge in [0.05, 0.1) is 4.90 Å². The van der Waals surface area contributed by atoms with Crippen molar-refractivity contribution >= 4 is 10.0 Å². The first-order valence-electron chi connectivity index (χ1n) is 7.63. The van der Waals surface area contributed by atoms with Gasteiger partial charge in [-0.15, -0.1) is 0 Å². The summed E-state index contributed by atoms with van der Waals surface area (Å²) in [6, 6.07) is 5.40. The van der Waals surface area contributed by atoms with Gasteiger partial charge in [0.15, 0.2) is 0 Å². The van der Waals surface area contributed by atoms with E-state index in [2.05, 4.69) is 5.32 Å². The fraction of sp³-hybridized carbons (Fsp3) is 0.625. The molecule has 1 N–H and O–H groups in total. The molecule has 0 aliphatic heterocycles. The fourth-order valence-corrected chi connectivity index (χ4v) is 3.88. The molecule has 0 atom stereocenters. The van der Waals surface area contributed by atoms with Gasteiger partial charge in [-0.2, -0.15) is 4.31 Å². The minimum absolute atomic E-state index is 0.311. The molecule has 120 valence electrons. The monoisotopic (exact) mass is 312 g/mol. The van der Waals surface area contributed by atoms with Crippen LogP contribution in [0.4, 0.5) is 0 Å². The molecule has 21 heavy (non-hydrogen) atoms. The second-order valence-electron chi connectivity index (χ2n) is 5.72. The summed E-state index contributed by atoms with van der Waals surface area (Å²) in [5.74, 6) is 0.311. The molecule has 0 bridgehead atoms. The summed E-state index contributed by atoms with van der Waals surface area (Å²) in [4.78, 5) is 0.392. The van der Waals surface area contributed by atoms with Gasteiger partial charge in [-0.05, 0) is 42.6 Å². The molecule has 0 fully saturated rings. The van der Waals surface area contributed by atoms with Gasteiger partial charge in [0.25, 0.3) is 0 Å². The van der Waals surface area contributed by atoms with Crippen molar-refractivity contribution in [2.45, 2.75) is 46.1 Å². The Balaban J connectivity index is 3.12. The molecule has 0 aliphatic carbocycles. The van der Waals surface area contributed by atoms with Crippen LogP contribution in [-0.2, 0) is 16.6 Å². The van der Waals surface area contributed by atoms with Crippen LogP contribution in [0.5, 0.6) is 0 Å². The average Bonchev–Trinajstić information content (AvgIpc) is 2.43. The number of hydrogen-bond acceptors (Lipinski definition) is 3. The number of benzene rings is 1. The Bertz CT molecular complexity index is 553. The molecule has 4 nitrogen and oxygen atoms in total. The fourth-order valence-electron chi connectivity index (χ4n) is 2.21. The van der Waals surface area contributed by atoms with E-state index in [0.29, 0.717) is 30.4 Å². The van der Waals surface area contributed by atoms with Gasteiger partial charge in [0.2, 0.25) is 10.0 Å². The molecule has 0 radical (unpaired) electrons. The molecule has 0 saturated heterocycles. The maximum absolute atomic E-state index is 12.7. The minimum Gasteiger partial charge on any atom is -0.313 e. The second kappa shape index (κ2) is 7.92. The van der Waals surface area contributed by atoms with E-state index in [4.69, 9.17) is 0 Å². The standard InChI is InChI=1S/C16H28N2O2S/c1-6-17-11-15-10-16(9-8-14(15)5)21(19,20)18(7-2)12-13(3)4/h8-10,13,17H,6-7,11-12H2,1-5H3. The SMILES string of the molecule is CCNCc1cc(S(=O)(=O)N(CC)CC(C)C)ccc1C. The van der Waals surface area contributed by atoms with Crippen LogP contribution >= 0.6 is 0 Å². The summed E-state index contributed by atoms with van der Waals surface area (Å²) in [6.45, 7) is 12.6. The molecular formula is C16H28N2O2S. The molecule has 1 aromatic carbocycles. The van der Waals surface area contributed by atoms with Crippen LogP contribution in [0.25, 0.3) is 0 Å². The Kier molecular flexibility index (Phi) is 6.84.